The molecule has 1 aliphatic rings. The molecule has 0 amide bonds. The van der Waals surface area contributed by atoms with Gasteiger partial charge in [0.1, 0.15) is 6.04 Å². The molecule has 0 aliphatic carbocycles. The number of likely N-dealkylation sites (tertiary alicyclic amines) is 1. The highest BCUT2D eigenvalue weighted by Gasteiger charge is 2.34. The molecule has 0 unspecified atom stereocenters. The predicted molar refractivity (Wildman–Crippen MR) is 77.3 cm³/mol. The summed E-state index contributed by atoms with van der Waals surface area (Å²) in [7, 11) is 1.41. The first kappa shape index (κ1) is 15.0. The van der Waals surface area contributed by atoms with Gasteiger partial charge in [-0.05, 0) is 36.9 Å². The van der Waals surface area contributed by atoms with Crippen molar-refractivity contribution in [1.29, 1.82) is 0 Å². The van der Waals surface area contributed by atoms with Crippen LogP contribution in [-0.2, 0) is 9.53 Å². The standard InChI is InChI=1S/C16H23NO3/c1-11-6-4-5-7-13(11)15(16(19)20-3)17-9-8-12(2)14(18)10-17/h4-7,12,14-15,18H,8-10H2,1-3H3/t12-,14+,15-/m0/s1. The number of rotatable bonds is 3. The highest BCUT2D eigenvalue weighted by Crippen LogP contribution is 2.29. The van der Waals surface area contributed by atoms with E-state index in [1.165, 1.54) is 7.11 Å². The summed E-state index contributed by atoms with van der Waals surface area (Å²) in [4.78, 5) is 14.2. The molecule has 1 aromatic carbocycles. The van der Waals surface area contributed by atoms with Gasteiger partial charge < -0.3 is 9.84 Å². The van der Waals surface area contributed by atoms with Crippen LogP contribution in [0.3, 0.4) is 0 Å². The second kappa shape index (κ2) is 6.37. The highest BCUT2D eigenvalue weighted by atomic mass is 16.5. The minimum atomic E-state index is -0.427. The number of benzene rings is 1. The van der Waals surface area contributed by atoms with Crippen molar-refractivity contribution >= 4 is 5.97 Å². The zero-order chi connectivity index (χ0) is 14.7. The normalized spacial score (nSPS) is 25.2. The molecule has 2 rings (SSSR count). The van der Waals surface area contributed by atoms with E-state index in [0.29, 0.717) is 6.54 Å². The summed E-state index contributed by atoms with van der Waals surface area (Å²) in [6.07, 6.45) is 0.500. The van der Waals surface area contributed by atoms with Gasteiger partial charge in [-0.15, -0.1) is 0 Å². The molecule has 1 fully saturated rings. The van der Waals surface area contributed by atoms with Crippen LogP contribution in [0.1, 0.15) is 30.5 Å². The molecule has 1 aromatic rings. The van der Waals surface area contributed by atoms with Crippen LogP contribution in [0, 0.1) is 12.8 Å². The van der Waals surface area contributed by atoms with Crippen LogP contribution in [0.2, 0.25) is 0 Å². The van der Waals surface area contributed by atoms with Crippen molar-refractivity contribution in [1.82, 2.24) is 4.90 Å². The van der Waals surface area contributed by atoms with Crippen LogP contribution in [0.15, 0.2) is 24.3 Å². The van der Waals surface area contributed by atoms with Crippen molar-refractivity contribution < 1.29 is 14.6 Å². The first-order valence-electron chi connectivity index (χ1n) is 7.10. The third-order valence-electron chi connectivity index (χ3n) is 4.22. The number of β-amino-alcohol motifs (C(OH)–C–C–N with tert-alkyl or cyclic N) is 1. The highest BCUT2D eigenvalue weighted by molar-refractivity contribution is 5.78. The number of aryl methyl sites for hydroxylation is 1. The maximum absolute atomic E-state index is 12.2. The molecule has 0 aromatic heterocycles. The molecular weight excluding hydrogens is 254 g/mol. The number of esters is 1. The summed E-state index contributed by atoms with van der Waals surface area (Å²) < 4.78 is 4.97. The van der Waals surface area contributed by atoms with E-state index < -0.39 is 6.04 Å². The molecule has 1 saturated heterocycles. The molecule has 4 nitrogen and oxygen atoms in total. The van der Waals surface area contributed by atoms with Gasteiger partial charge in [0.05, 0.1) is 13.2 Å². The van der Waals surface area contributed by atoms with Gasteiger partial charge in [-0.1, -0.05) is 31.2 Å². The van der Waals surface area contributed by atoms with E-state index in [9.17, 15) is 9.90 Å². The lowest BCUT2D eigenvalue weighted by Gasteiger charge is -2.38. The Labute approximate surface area is 120 Å². The Morgan fingerprint density at radius 2 is 2.15 bits per heavy atom. The van der Waals surface area contributed by atoms with Gasteiger partial charge in [0.15, 0.2) is 0 Å². The average Bonchev–Trinajstić information content (AvgIpc) is 2.44. The smallest absolute Gasteiger partial charge is 0.327 e. The van der Waals surface area contributed by atoms with Crippen LogP contribution < -0.4 is 0 Å². The predicted octanol–water partition coefficient (Wildman–Crippen LogP) is 1.91. The molecule has 1 N–H and O–H groups in total. The van der Waals surface area contributed by atoms with Gasteiger partial charge in [-0.2, -0.15) is 0 Å². The Morgan fingerprint density at radius 3 is 2.75 bits per heavy atom. The van der Waals surface area contributed by atoms with Crippen LogP contribution in [-0.4, -0.2) is 42.3 Å². The summed E-state index contributed by atoms with van der Waals surface area (Å²) in [5, 5.41) is 10.1. The number of hydrogen-bond donors (Lipinski definition) is 1. The number of nitrogens with zero attached hydrogens (tertiary/aromatic N) is 1. The third-order valence-corrected chi connectivity index (χ3v) is 4.22. The topological polar surface area (TPSA) is 49.8 Å². The van der Waals surface area contributed by atoms with Gasteiger partial charge >= 0.3 is 5.97 Å². The number of methoxy groups -OCH3 is 1. The van der Waals surface area contributed by atoms with Crippen molar-refractivity contribution in [3.63, 3.8) is 0 Å². The van der Waals surface area contributed by atoms with Gasteiger partial charge in [-0.25, -0.2) is 4.79 Å². The van der Waals surface area contributed by atoms with Gasteiger partial charge in [0.2, 0.25) is 0 Å². The van der Waals surface area contributed by atoms with E-state index in [1.54, 1.807) is 0 Å². The number of hydrogen-bond acceptors (Lipinski definition) is 4. The fraction of sp³-hybridized carbons (Fsp3) is 0.562. The molecule has 1 heterocycles. The molecule has 0 bridgehead atoms. The number of carbonyl (C=O) groups is 1. The lowest BCUT2D eigenvalue weighted by molar-refractivity contribution is -0.149. The first-order chi connectivity index (χ1) is 9.54. The van der Waals surface area contributed by atoms with E-state index in [4.69, 9.17) is 4.74 Å². The molecule has 3 atom stereocenters. The molecular formula is C16H23NO3. The van der Waals surface area contributed by atoms with Crippen LogP contribution in [0.5, 0.6) is 0 Å². The summed E-state index contributed by atoms with van der Waals surface area (Å²) in [6.45, 7) is 5.35. The monoisotopic (exact) mass is 277 g/mol. The maximum Gasteiger partial charge on any atom is 0.327 e. The quantitative estimate of drug-likeness (QED) is 0.858. The minimum Gasteiger partial charge on any atom is -0.468 e. The van der Waals surface area contributed by atoms with Gasteiger partial charge in [0.25, 0.3) is 0 Å². The van der Waals surface area contributed by atoms with E-state index in [0.717, 1.165) is 24.1 Å². The van der Waals surface area contributed by atoms with E-state index in [-0.39, 0.29) is 18.0 Å². The Bertz CT molecular complexity index is 475. The molecule has 0 spiro atoms. The van der Waals surface area contributed by atoms with E-state index in [1.807, 2.05) is 43.0 Å². The summed E-state index contributed by atoms with van der Waals surface area (Å²) >= 11 is 0. The number of piperidine rings is 1. The maximum atomic E-state index is 12.2. The Kier molecular flexibility index (Phi) is 4.78. The second-order valence-corrected chi connectivity index (χ2v) is 5.61. The van der Waals surface area contributed by atoms with Crippen LogP contribution in [0.25, 0.3) is 0 Å². The van der Waals surface area contributed by atoms with Crippen molar-refractivity contribution in [2.24, 2.45) is 5.92 Å². The zero-order valence-corrected chi connectivity index (χ0v) is 12.4. The summed E-state index contributed by atoms with van der Waals surface area (Å²) in [5.74, 6) is 0.0162. The Morgan fingerprint density at radius 1 is 1.45 bits per heavy atom. The molecule has 0 radical (unpaired) electrons. The largest absolute Gasteiger partial charge is 0.468 e. The summed E-state index contributed by atoms with van der Waals surface area (Å²) in [5.41, 5.74) is 2.03. The number of ether oxygens (including phenoxy) is 1. The van der Waals surface area contributed by atoms with Crippen molar-refractivity contribution in [3.05, 3.63) is 35.4 Å². The molecule has 20 heavy (non-hydrogen) atoms. The van der Waals surface area contributed by atoms with Gasteiger partial charge in [0, 0.05) is 6.54 Å². The van der Waals surface area contributed by atoms with Crippen molar-refractivity contribution in [2.45, 2.75) is 32.4 Å². The Hall–Kier alpha value is -1.39. The van der Waals surface area contributed by atoms with Gasteiger partial charge in [-0.3, -0.25) is 4.90 Å². The second-order valence-electron chi connectivity index (χ2n) is 5.61. The lowest BCUT2D eigenvalue weighted by atomic mass is 9.92. The van der Waals surface area contributed by atoms with Crippen LogP contribution in [0.4, 0.5) is 0 Å². The molecule has 4 heteroatoms. The van der Waals surface area contributed by atoms with Crippen LogP contribution >= 0.6 is 0 Å². The molecule has 110 valence electrons. The molecule has 1 aliphatic heterocycles. The number of aliphatic hydroxyl groups is 1. The SMILES string of the molecule is COC(=O)[C@H](c1ccccc1C)N1CC[C@H](C)[C@H](O)C1. The number of carbonyl (C=O) groups excluding carboxylic acids is 1. The van der Waals surface area contributed by atoms with E-state index in [2.05, 4.69) is 0 Å². The first-order valence-corrected chi connectivity index (χ1v) is 7.10. The lowest BCUT2D eigenvalue weighted by Crippen LogP contribution is -2.47. The van der Waals surface area contributed by atoms with Crippen molar-refractivity contribution in [2.75, 3.05) is 20.2 Å². The molecule has 0 saturated carbocycles. The zero-order valence-electron chi connectivity index (χ0n) is 12.4. The third kappa shape index (κ3) is 3.02. The fourth-order valence-corrected chi connectivity index (χ4v) is 2.79. The fourth-order valence-electron chi connectivity index (χ4n) is 2.79. The van der Waals surface area contributed by atoms with E-state index >= 15 is 0 Å². The minimum absolute atomic E-state index is 0.263. The Balaban J connectivity index is 2.29. The number of aliphatic hydroxyl groups excluding tert-OH is 1. The average molecular weight is 277 g/mol. The summed E-state index contributed by atoms with van der Waals surface area (Å²) in [6, 6.07) is 7.42. The van der Waals surface area contributed by atoms with Crippen molar-refractivity contribution in [3.8, 4) is 0 Å².